The Morgan fingerprint density at radius 1 is 0.0972 bits per heavy atom. The minimum absolute atomic E-state index is 1.19. The summed E-state index contributed by atoms with van der Waals surface area (Å²) in [6.07, 6.45) is 44.6. The van der Waals surface area contributed by atoms with Crippen molar-refractivity contribution >= 4 is 0 Å². The maximum atomic E-state index is 1.85. The van der Waals surface area contributed by atoms with Crippen LogP contribution in [0.4, 0.5) is 0 Å². The molecular weight excluding hydrogens is 865 g/mol. The molecule has 0 heteroatoms. The fraction of sp³-hybridized carbons (Fsp3) is 1.00. The van der Waals surface area contributed by atoms with Gasteiger partial charge in [-0.15, -0.1) is 0 Å². The van der Waals surface area contributed by atoms with Gasteiger partial charge in [0.05, 0.1) is 0 Å². The highest BCUT2D eigenvalue weighted by molar-refractivity contribution is 5.34. The number of fused-ring (bicyclic) bond motifs is 10. The second kappa shape index (κ2) is 12.9. The van der Waals surface area contributed by atoms with Crippen molar-refractivity contribution in [1.82, 2.24) is 0 Å². The summed E-state index contributed by atoms with van der Waals surface area (Å²) >= 11 is 0. The third-order valence-corrected chi connectivity index (χ3v) is 38.0. The van der Waals surface area contributed by atoms with E-state index in [1.54, 1.807) is 154 Å². The molecule has 24 fully saturated rings. The van der Waals surface area contributed by atoms with E-state index in [1.165, 1.54) is 272 Å². The molecular formula is C72H98. The Balaban J connectivity index is 0.787. The second-order valence-corrected chi connectivity index (χ2v) is 36.2. The van der Waals surface area contributed by atoms with E-state index in [-0.39, 0.29) is 0 Å². The average molecular weight is 964 g/mol. The summed E-state index contributed by atoms with van der Waals surface area (Å²) in [5.41, 5.74) is 0. The molecule has 0 radical (unpaired) electrons. The molecule has 0 bridgehead atoms. The van der Waals surface area contributed by atoms with Crippen LogP contribution in [-0.4, -0.2) is 0 Å². The quantitative estimate of drug-likeness (QED) is 0.227. The van der Waals surface area contributed by atoms with E-state index in [0.717, 1.165) is 0 Å². The summed E-state index contributed by atoms with van der Waals surface area (Å²) in [6, 6.07) is 0. The molecule has 0 N–H and O–H groups in total. The normalized spacial score (nSPS) is 77.7. The molecule has 0 aliphatic heterocycles. The first kappa shape index (κ1) is 40.2. The lowest BCUT2D eigenvalue weighted by Gasteiger charge is -2.88. The van der Waals surface area contributed by atoms with Gasteiger partial charge in [-0.05, 0) is 388 Å². The van der Waals surface area contributed by atoms with Crippen molar-refractivity contribution in [3.05, 3.63) is 0 Å². The van der Waals surface area contributed by atoms with Crippen molar-refractivity contribution in [1.29, 1.82) is 0 Å². The average Bonchev–Trinajstić information content (AvgIpc) is 3.56. The van der Waals surface area contributed by atoms with Crippen LogP contribution >= 0.6 is 0 Å². The van der Waals surface area contributed by atoms with Gasteiger partial charge >= 0.3 is 0 Å². The Morgan fingerprint density at radius 3 is 0.361 bits per heavy atom. The lowest BCUT2D eigenvalue weighted by molar-refractivity contribution is -0.407. The van der Waals surface area contributed by atoms with Crippen LogP contribution in [0.2, 0.25) is 0 Å². The van der Waals surface area contributed by atoms with E-state index in [0.29, 0.717) is 0 Å². The summed E-state index contributed by atoms with van der Waals surface area (Å²) in [7, 11) is 0. The molecule has 72 heavy (non-hydrogen) atoms. The van der Waals surface area contributed by atoms with Crippen LogP contribution in [0.1, 0.15) is 167 Å². The van der Waals surface area contributed by atoms with Crippen molar-refractivity contribution in [2.75, 3.05) is 0 Å². The zero-order chi connectivity index (χ0) is 44.9. The topological polar surface area (TPSA) is 0 Å². The largest absolute Gasteiger partial charge is 0.0527 e. The standard InChI is InChI=1S/C72H98/c1-9-27-28-10-2-14-32-36-18-6-22-40-45-26-46-42-24-8-20-38-34-16-4-12-30-29-11-3-15-33-37-19-7-23-41-44-25-43-39-21-5-17-35-31(13-1)47(27)59-60(48(28)32)64(52(36)40)70-56(45)68-58(46)72-66(54(38)42)62(50(30)34)61(49(29)33)65(53(37)41)71(72)57(44)67(68)55(43)69(70)63(59)51(35)39/h27-72H,1-26H2. The molecule has 0 aromatic heterocycles. The zero-order valence-electron chi connectivity index (χ0n) is 44.9. The fourth-order valence-corrected chi connectivity index (χ4v) is 40.1. The predicted molar refractivity (Wildman–Crippen MR) is 281 cm³/mol. The molecule has 0 saturated heterocycles. The van der Waals surface area contributed by atoms with Crippen LogP contribution in [-0.2, 0) is 0 Å². The molecule has 44 unspecified atom stereocenters. The third kappa shape index (κ3) is 3.91. The Morgan fingerprint density at radius 2 is 0.208 bits per heavy atom. The van der Waals surface area contributed by atoms with Gasteiger partial charge in [-0.2, -0.15) is 0 Å². The molecule has 24 aliphatic carbocycles. The predicted octanol–water partition coefficient (Wildman–Crippen LogP) is 15.8. The summed E-state index contributed by atoms with van der Waals surface area (Å²) in [5.74, 6) is 55.7. The van der Waals surface area contributed by atoms with Gasteiger partial charge in [0.2, 0.25) is 0 Å². The number of hydrogen-bond acceptors (Lipinski definition) is 0. The van der Waals surface area contributed by atoms with E-state index in [9.17, 15) is 0 Å². The van der Waals surface area contributed by atoms with Crippen LogP contribution in [0.25, 0.3) is 0 Å². The number of hydrogen-bond donors (Lipinski definition) is 0. The van der Waals surface area contributed by atoms with E-state index >= 15 is 0 Å². The molecule has 0 spiro atoms. The van der Waals surface area contributed by atoms with Gasteiger partial charge in [-0.3, -0.25) is 0 Å². The Labute approximate surface area is 437 Å². The van der Waals surface area contributed by atoms with Crippen LogP contribution in [0.5, 0.6) is 0 Å². The highest BCUT2D eigenvalue weighted by Crippen LogP contribution is 2.91. The van der Waals surface area contributed by atoms with Gasteiger partial charge in [0.15, 0.2) is 0 Å². The molecule has 0 aromatic rings. The highest BCUT2D eigenvalue weighted by atomic mass is 14.9. The Hall–Kier alpha value is 0. The summed E-state index contributed by atoms with van der Waals surface area (Å²) in [5, 5.41) is 0. The Kier molecular flexibility index (Phi) is 7.22. The van der Waals surface area contributed by atoms with Crippen molar-refractivity contribution in [2.45, 2.75) is 167 Å². The smallest absolute Gasteiger partial charge is 0.0312 e. The minimum atomic E-state index is 1.19. The molecule has 0 amide bonds. The van der Waals surface area contributed by atoms with Gasteiger partial charge in [0, 0.05) is 0 Å². The third-order valence-electron chi connectivity index (χ3n) is 38.0. The molecule has 386 valence electrons. The van der Waals surface area contributed by atoms with Crippen molar-refractivity contribution < 1.29 is 0 Å². The van der Waals surface area contributed by atoms with E-state index < -0.39 is 0 Å². The molecule has 24 aliphatic rings. The molecule has 0 heterocycles. The van der Waals surface area contributed by atoms with Gasteiger partial charge in [-0.1, -0.05) is 51.4 Å². The lowest BCUT2D eigenvalue weighted by Crippen LogP contribution is -2.84. The Bertz CT molecular complexity index is 2090. The van der Waals surface area contributed by atoms with Gasteiger partial charge in [0.25, 0.3) is 0 Å². The van der Waals surface area contributed by atoms with Crippen LogP contribution < -0.4 is 0 Å². The first-order valence-electron chi connectivity index (χ1n) is 35.8. The summed E-state index contributed by atoms with van der Waals surface area (Å²) in [6.45, 7) is 0. The fourth-order valence-electron chi connectivity index (χ4n) is 40.1. The maximum Gasteiger partial charge on any atom is -0.0312 e. The molecule has 44 atom stereocenters. The first-order valence-corrected chi connectivity index (χ1v) is 35.8. The molecule has 0 nitrogen and oxygen atoms in total. The SMILES string of the molecule is C1CC2C3CCCC4C5CCCC6C7CC8C9CCCC%10C%11CCCC%12C%13CCCC%14C%15CCCC%16C%17CC%18C%19CCCC%20C(C1)C2C1C(C34)C(C56)C2C7C3C8C4C(C%109)C(C%12%11)C(C%13%14)C(C%15%16)C4C%17C3C%18C2C1C%20%19. The van der Waals surface area contributed by atoms with E-state index in [1.807, 2.05) is 12.8 Å². The lowest BCUT2D eigenvalue weighted by atomic mass is 9.17. The molecule has 24 rings (SSSR count). The summed E-state index contributed by atoms with van der Waals surface area (Å²) in [4.78, 5) is 0. The van der Waals surface area contributed by atoms with Crippen molar-refractivity contribution in [3.63, 3.8) is 0 Å². The van der Waals surface area contributed by atoms with Gasteiger partial charge in [-0.25, -0.2) is 0 Å². The highest BCUT2D eigenvalue weighted by Gasteiger charge is 2.87. The summed E-state index contributed by atoms with van der Waals surface area (Å²) < 4.78 is 0. The number of rotatable bonds is 0. The first-order chi connectivity index (χ1) is 35.8. The minimum Gasteiger partial charge on any atom is -0.0527 e. The zero-order valence-corrected chi connectivity index (χ0v) is 44.9. The van der Waals surface area contributed by atoms with Crippen LogP contribution in [0, 0.1) is 272 Å². The molecule has 0 aromatic carbocycles. The van der Waals surface area contributed by atoms with Crippen molar-refractivity contribution in [3.8, 4) is 0 Å². The van der Waals surface area contributed by atoms with Crippen LogP contribution in [0.15, 0.2) is 0 Å². The van der Waals surface area contributed by atoms with Gasteiger partial charge < -0.3 is 0 Å². The monoisotopic (exact) mass is 963 g/mol. The molecule has 24 saturated carbocycles. The van der Waals surface area contributed by atoms with Crippen molar-refractivity contribution in [2.24, 2.45) is 272 Å². The van der Waals surface area contributed by atoms with Gasteiger partial charge in [0.1, 0.15) is 0 Å². The van der Waals surface area contributed by atoms with E-state index in [2.05, 4.69) is 0 Å². The maximum absolute atomic E-state index is 1.85. The van der Waals surface area contributed by atoms with E-state index in [4.69, 9.17) is 0 Å². The second-order valence-electron chi connectivity index (χ2n) is 36.2. The van der Waals surface area contributed by atoms with Crippen LogP contribution in [0.3, 0.4) is 0 Å².